The molecule has 1 saturated heterocycles. The van der Waals surface area contributed by atoms with Gasteiger partial charge < -0.3 is 10.1 Å². The molecule has 3 nitrogen and oxygen atoms in total. The molecule has 27 heavy (non-hydrogen) atoms. The van der Waals surface area contributed by atoms with Crippen LogP contribution in [0.3, 0.4) is 0 Å². The molecule has 0 aromatic heterocycles. The van der Waals surface area contributed by atoms with Crippen molar-refractivity contribution in [3.63, 3.8) is 0 Å². The fourth-order valence-corrected chi connectivity index (χ4v) is 3.03. The first-order valence-electron chi connectivity index (χ1n) is 8.32. The van der Waals surface area contributed by atoms with E-state index in [0.29, 0.717) is 38.5 Å². The van der Waals surface area contributed by atoms with Crippen molar-refractivity contribution >= 4 is 24.8 Å². The van der Waals surface area contributed by atoms with Gasteiger partial charge in [0.1, 0.15) is 18.4 Å². The van der Waals surface area contributed by atoms with Gasteiger partial charge in [0, 0.05) is 26.2 Å². The van der Waals surface area contributed by atoms with E-state index in [1.54, 1.807) is 12.1 Å². The van der Waals surface area contributed by atoms with E-state index in [1.807, 2.05) is 30.3 Å². The van der Waals surface area contributed by atoms with Crippen LogP contribution in [0.15, 0.2) is 54.6 Å². The van der Waals surface area contributed by atoms with E-state index in [0.717, 1.165) is 5.56 Å². The predicted octanol–water partition coefficient (Wildman–Crippen LogP) is 4.62. The summed E-state index contributed by atoms with van der Waals surface area (Å²) in [7, 11) is 0. The van der Waals surface area contributed by atoms with Crippen LogP contribution < -0.4 is 10.1 Å². The number of alkyl halides is 3. The molecule has 0 radical (unpaired) electrons. The van der Waals surface area contributed by atoms with Crippen molar-refractivity contribution in [3.8, 4) is 5.75 Å². The molecular weight excluding hydrogens is 400 g/mol. The second-order valence-corrected chi connectivity index (χ2v) is 6.07. The summed E-state index contributed by atoms with van der Waals surface area (Å²) in [6.45, 7) is 2.31. The van der Waals surface area contributed by atoms with Crippen LogP contribution in [0.5, 0.6) is 5.75 Å². The summed E-state index contributed by atoms with van der Waals surface area (Å²) in [6.07, 6.45) is -4.30. The Labute approximate surface area is 169 Å². The highest BCUT2D eigenvalue weighted by atomic mass is 35.5. The van der Waals surface area contributed by atoms with Crippen LogP contribution in [0, 0.1) is 0 Å². The minimum Gasteiger partial charge on any atom is -0.489 e. The van der Waals surface area contributed by atoms with E-state index >= 15 is 0 Å². The van der Waals surface area contributed by atoms with Crippen molar-refractivity contribution in [2.24, 2.45) is 0 Å². The van der Waals surface area contributed by atoms with Gasteiger partial charge in [0.2, 0.25) is 0 Å². The van der Waals surface area contributed by atoms with Crippen molar-refractivity contribution in [2.75, 3.05) is 26.2 Å². The van der Waals surface area contributed by atoms with Gasteiger partial charge in [-0.2, -0.15) is 13.2 Å². The Morgan fingerprint density at radius 3 is 2.07 bits per heavy atom. The Kier molecular flexibility index (Phi) is 9.39. The number of nitrogens with zero attached hydrogens (tertiary/aromatic N) is 1. The van der Waals surface area contributed by atoms with Crippen molar-refractivity contribution in [1.82, 2.24) is 10.2 Å². The van der Waals surface area contributed by atoms with Crippen LogP contribution in [0.1, 0.15) is 17.2 Å². The van der Waals surface area contributed by atoms with Gasteiger partial charge in [-0.3, -0.25) is 4.90 Å². The third kappa shape index (κ3) is 6.57. The van der Waals surface area contributed by atoms with Gasteiger partial charge in [-0.1, -0.05) is 42.5 Å². The zero-order valence-corrected chi connectivity index (χ0v) is 16.2. The molecule has 0 spiro atoms. The molecule has 1 aliphatic heterocycles. The second-order valence-electron chi connectivity index (χ2n) is 6.07. The predicted molar refractivity (Wildman–Crippen MR) is 105 cm³/mol. The SMILES string of the molecule is Cl.Cl.FC(F)(F)[C@H](c1ccc(OCc2ccccc2)cc1)N1CCNCC1. The van der Waals surface area contributed by atoms with Crippen LogP contribution in [0.2, 0.25) is 0 Å². The molecule has 0 saturated carbocycles. The fraction of sp³-hybridized carbons (Fsp3) is 0.368. The normalized spacial score (nSPS) is 16.0. The van der Waals surface area contributed by atoms with Gasteiger partial charge in [-0.25, -0.2) is 0 Å². The van der Waals surface area contributed by atoms with E-state index in [-0.39, 0.29) is 30.4 Å². The number of rotatable bonds is 5. The molecule has 1 fully saturated rings. The van der Waals surface area contributed by atoms with Crippen LogP contribution in [0.4, 0.5) is 13.2 Å². The van der Waals surface area contributed by atoms with Crippen molar-refractivity contribution in [2.45, 2.75) is 18.8 Å². The molecule has 2 aromatic rings. The average Bonchev–Trinajstić information content (AvgIpc) is 2.62. The van der Waals surface area contributed by atoms with Gasteiger partial charge in [-0.15, -0.1) is 24.8 Å². The average molecular weight is 423 g/mol. The lowest BCUT2D eigenvalue weighted by Crippen LogP contribution is -2.49. The highest BCUT2D eigenvalue weighted by molar-refractivity contribution is 5.85. The Bertz CT molecular complexity index is 663. The maximum Gasteiger partial charge on any atom is 0.408 e. The van der Waals surface area contributed by atoms with E-state index in [4.69, 9.17) is 4.74 Å². The van der Waals surface area contributed by atoms with Crippen LogP contribution in [-0.4, -0.2) is 37.3 Å². The Balaban J connectivity index is 0.00000182. The number of hydrogen-bond donors (Lipinski definition) is 1. The zero-order valence-electron chi connectivity index (χ0n) is 14.6. The maximum absolute atomic E-state index is 13.6. The molecule has 0 amide bonds. The van der Waals surface area contributed by atoms with Gasteiger partial charge in [0.25, 0.3) is 0 Å². The number of nitrogens with one attached hydrogen (secondary N) is 1. The molecule has 1 N–H and O–H groups in total. The molecular formula is C19H23Cl2F3N2O. The van der Waals surface area contributed by atoms with Crippen LogP contribution >= 0.6 is 24.8 Å². The van der Waals surface area contributed by atoms with E-state index in [2.05, 4.69) is 5.32 Å². The Hall–Kier alpha value is -1.47. The Morgan fingerprint density at radius 2 is 1.52 bits per heavy atom. The second kappa shape index (κ2) is 10.8. The largest absolute Gasteiger partial charge is 0.489 e. The van der Waals surface area contributed by atoms with E-state index in [9.17, 15) is 13.2 Å². The first kappa shape index (κ1) is 23.6. The number of benzene rings is 2. The molecule has 150 valence electrons. The molecule has 1 aliphatic rings. The Morgan fingerprint density at radius 1 is 0.926 bits per heavy atom. The monoisotopic (exact) mass is 422 g/mol. The van der Waals surface area contributed by atoms with Gasteiger partial charge in [0.15, 0.2) is 0 Å². The standard InChI is InChI=1S/C19H21F3N2O.2ClH/c20-19(21,22)18(24-12-10-23-11-13-24)16-6-8-17(9-7-16)25-14-15-4-2-1-3-5-15;;/h1-9,18,23H,10-14H2;2*1H/t18-;;/m0../s1. The van der Waals surface area contributed by atoms with E-state index < -0.39 is 12.2 Å². The van der Waals surface area contributed by atoms with Crippen molar-refractivity contribution < 1.29 is 17.9 Å². The number of piperazine rings is 1. The fourth-order valence-electron chi connectivity index (χ4n) is 3.03. The van der Waals surface area contributed by atoms with Crippen LogP contribution in [0.25, 0.3) is 0 Å². The summed E-state index contributed by atoms with van der Waals surface area (Å²) in [5.41, 5.74) is 1.27. The minimum absolute atomic E-state index is 0. The summed E-state index contributed by atoms with van der Waals surface area (Å²) in [6, 6.07) is 14.3. The first-order chi connectivity index (χ1) is 12.0. The smallest absolute Gasteiger partial charge is 0.408 e. The highest BCUT2D eigenvalue weighted by Crippen LogP contribution is 2.38. The number of halogens is 5. The van der Waals surface area contributed by atoms with Crippen LogP contribution in [-0.2, 0) is 6.61 Å². The van der Waals surface area contributed by atoms with Gasteiger partial charge in [-0.05, 0) is 23.3 Å². The van der Waals surface area contributed by atoms with Crippen molar-refractivity contribution in [3.05, 3.63) is 65.7 Å². The molecule has 3 rings (SSSR count). The first-order valence-corrected chi connectivity index (χ1v) is 8.32. The molecule has 1 heterocycles. The third-order valence-electron chi connectivity index (χ3n) is 4.27. The van der Waals surface area contributed by atoms with E-state index in [1.165, 1.54) is 17.0 Å². The van der Waals surface area contributed by atoms with Crippen molar-refractivity contribution in [1.29, 1.82) is 0 Å². The number of hydrogen-bond acceptors (Lipinski definition) is 3. The summed E-state index contributed by atoms with van der Waals surface area (Å²) in [5.74, 6) is 0.564. The number of ether oxygens (including phenoxy) is 1. The summed E-state index contributed by atoms with van der Waals surface area (Å²) < 4.78 is 46.4. The summed E-state index contributed by atoms with van der Waals surface area (Å²) in [5, 5.41) is 3.08. The lowest BCUT2D eigenvalue weighted by atomic mass is 10.0. The lowest BCUT2D eigenvalue weighted by Gasteiger charge is -2.36. The molecule has 2 aromatic carbocycles. The molecule has 0 bridgehead atoms. The highest BCUT2D eigenvalue weighted by Gasteiger charge is 2.44. The topological polar surface area (TPSA) is 24.5 Å². The summed E-state index contributed by atoms with van der Waals surface area (Å²) in [4.78, 5) is 1.48. The molecule has 1 atom stereocenters. The van der Waals surface area contributed by atoms with Gasteiger partial charge >= 0.3 is 6.18 Å². The molecule has 0 aliphatic carbocycles. The molecule has 0 unspecified atom stereocenters. The quantitative estimate of drug-likeness (QED) is 0.760. The lowest BCUT2D eigenvalue weighted by molar-refractivity contribution is -0.187. The minimum atomic E-state index is -4.30. The summed E-state index contributed by atoms with van der Waals surface area (Å²) >= 11 is 0. The molecule has 8 heteroatoms. The zero-order chi connectivity index (χ0) is 17.7. The maximum atomic E-state index is 13.6. The third-order valence-corrected chi connectivity index (χ3v) is 4.27. The van der Waals surface area contributed by atoms with Gasteiger partial charge in [0.05, 0.1) is 0 Å².